The molecule has 0 aromatic rings. The van der Waals surface area contributed by atoms with Crippen molar-refractivity contribution in [1.82, 2.24) is 0 Å². The number of aliphatic hydroxyl groups is 1. The number of hydrogen-bond acceptors (Lipinski definition) is 4. The Bertz CT molecular complexity index is 361. The molecule has 16 heavy (non-hydrogen) atoms. The number of hydrogen-bond donors (Lipinski definition) is 1. The van der Waals surface area contributed by atoms with Crippen LogP contribution in [-0.4, -0.2) is 22.5 Å². The zero-order valence-corrected chi connectivity index (χ0v) is 9.41. The molecule has 1 aliphatic carbocycles. The highest BCUT2D eigenvalue weighted by molar-refractivity contribution is 6.17. The average Bonchev–Trinajstić information content (AvgIpc) is 2.16. The molecule has 0 bridgehead atoms. The second kappa shape index (κ2) is 3.92. The van der Waals surface area contributed by atoms with E-state index in [-0.39, 0.29) is 11.3 Å². The Kier molecular flexibility index (Phi) is 2.74. The third kappa shape index (κ3) is 1.84. The summed E-state index contributed by atoms with van der Waals surface area (Å²) in [4.78, 5) is 22.8. The Morgan fingerprint density at radius 2 is 1.94 bits per heavy atom. The molecular weight excluding hydrogens is 208 g/mol. The topological polar surface area (TPSA) is 63.6 Å². The zero-order valence-electron chi connectivity index (χ0n) is 9.41. The first-order valence-corrected chi connectivity index (χ1v) is 5.70. The summed E-state index contributed by atoms with van der Waals surface area (Å²) in [5, 5.41) is 9.79. The number of Topliss-reactive ketones (excluding diaryl/α,β-unsaturated/α-hetero) is 1. The summed E-state index contributed by atoms with van der Waals surface area (Å²) in [7, 11) is 0. The maximum Gasteiger partial charge on any atom is 0.345 e. The SMILES string of the molecule is CC(=O)C1=C(O)CC2(CCCCC2)OC1=O. The largest absolute Gasteiger partial charge is 0.511 e. The maximum absolute atomic E-state index is 11.7. The quantitative estimate of drug-likeness (QED) is 0.547. The van der Waals surface area contributed by atoms with E-state index in [2.05, 4.69) is 0 Å². The van der Waals surface area contributed by atoms with Crippen molar-refractivity contribution in [2.45, 2.75) is 51.0 Å². The third-order valence-corrected chi connectivity index (χ3v) is 3.41. The van der Waals surface area contributed by atoms with E-state index >= 15 is 0 Å². The molecule has 0 radical (unpaired) electrons. The van der Waals surface area contributed by atoms with Crippen LogP contribution < -0.4 is 0 Å². The number of carbonyl (C=O) groups is 2. The third-order valence-electron chi connectivity index (χ3n) is 3.41. The molecule has 1 aliphatic heterocycles. The number of ether oxygens (including phenoxy) is 1. The first kappa shape index (κ1) is 11.2. The van der Waals surface area contributed by atoms with Crippen molar-refractivity contribution in [3.05, 3.63) is 11.3 Å². The lowest BCUT2D eigenvalue weighted by atomic mass is 9.79. The lowest BCUT2D eigenvalue weighted by Gasteiger charge is -2.39. The molecule has 0 amide bonds. The fourth-order valence-electron chi connectivity index (χ4n) is 2.62. The summed E-state index contributed by atoms with van der Waals surface area (Å²) in [6, 6.07) is 0. The lowest BCUT2D eigenvalue weighted by molar-refractivity contribution is -0.163. The van der Waals surface area contributed by atoms with Gasteiger partial charge in [-0.25, -0.2) is 4.79 Å². The number of aliphatic hydroxyl groups excluding tert-OH is 1. The number of carbonyl (C=O) groups excluding carboxylic acids is 2. The van der Waals surface area contributed by atoms with E-state index < -0.39 is 17.4 Å². The molecule has 1 heterocycles. The summed E-state index contributed by atoms with van der Waals surface area (Å²) in [6.07, 6.45) is 5.03. The van der Waals surface area contributed by atoms with Gasteiger partial charge in [0.15, 0.2) is 5.78 Å². The Balaban J connectivity index is 2.27. The van der Waals surface area contributed by atoms with E-state index in [4.69, 9.17) is 4.74 Å². The van der Waals surface area contributed by atoms with E-state index in [1.54, 1.807) is 0 Å². The summed E-state index contributed by atoms with van der Waals surface area (Å²) < 4.78 is 5.38. The van der Waals surface area contributed by atoms with E-state index in [1.165, 1.54) is 6.92 Å². The van der Waals surface area contributed by atoms with Crippen LogP contribution in [0.2, 0.25) is 0 Å². The van der Waals surface area contributed by atoms with Gasteiger partial charge in [-0.1, -0.05) is 6.42 Å². The first-order valence-electron chi connectivity index (χ1n) is 5.70. The second-order valence-corrected chi connectivity index (χ2v) is 4.69. The molecule has 0 aromatic heterocycles. The molecule has 2 aliphatic rings. The van der Waals surface area contributed by atoms with Gasteiger partial charge in [0.1, 0.15) is 16.9 Å². The van der Waals surface area contributed by atoms with Gasteiger partial charge in [-0.3, -0.25) is 4.79 Å². The van der Waals surface area contributed by atoms with Gasteiger partial charge in [0.25, 0.3) is 0 Å². The van der Waals surface area contributed by atoms with Crippen molar-refractivity contribution >= 4 is 11.8 Å². The number of ketones is 1. The lowest BCUT2D eigenvalue weighted by Crippen LogP contribution is -2.42. The van der Waals surface area contributed by atoms with Gasteiger partial charge in [0.2, 0.25) is 0 Å². The van der Waals surface area contributed by atoms with Crippen molar-refractivity contribution in [3.8, 4) is 0 Å². The van der Waals surface area contributed by atoms with Gasteiger partial charge in [0.05, 0.1) is 0 Å². The van der Waals surface area contributed by atoms with Crippen LogP contribution in [0.15, 0.2) is 11.3 Å². The Hall–Kier alpha value is -1.32. The van der Waals surface area contributed by atoms with Crippen LogP contribution >= 0.6 is 0 Å². The zero-order chi connectivity index (χ0) is 11.8. The summed E-state index contributed by atoms with van der Waals surface area (Å²) in [6.45, 7) is 1.27. The highest BCUT2D eigenvalue weighted by Gasteiger charge is 2.43. The molecule has 0 unspecified atom stereocenters. The molecule has 1 saturated carbocycles. The average molecular weight is 224 g/mol. The van der Waals surface area contributed by atoms with Crippen molar-refractivity contribution in [3.63, 3.8) is 0 Å². The first-order chi connectivity index (χ1) is 7.54. The summed E-state index contributed by atoms with van der Waals surface area (Å²) >= 11 is 0. The number of rotatable bonds is 1. The van der Waals surface area contributed by atoms with Crippen molar-refractivity contribution in [2.24, 2.45) is 0 Å². The van der Waals surface area contributed by atoms with Crippen LogP contribution in [0.3, 0.4) is 0 Å². The molecule has 0 atom stereocenters. The fraction of sp³-hybridized carbons (Fsp3) is 0.667. The van der Waals surface area contributed by atoms with Gasteiger partial charge in [-0.2, -0.15) is 0 Å². The normalized spacial score (nSPS) is 24.4. The summed E-state index contributed by atoms with van der Waals surface area (Å²) in [5.74, 6) is -1.17. The predicted molar refractivity (Wildman–Crippen MR) is 56.9 cm³/mol. The highest BCUT2D eigenvalue weighted by Crippen LogP contribution is 2.40. The van der Waals surface area contributed by atoms with Crippen LogP contribution in [0, 0.1) is 0 Å². The molecule has 1 fully saturated rings. The Morgan fingerprint density at radius 3 is 2.44 bits per heavy atom. The van der Waals surface area contributed by atoms with Gasteiger partial charge in [-0.15, -0.1) is 0 Å². The van der Waals surface area contributed by atoms with Crippen LogP contribution in [0.25, 0.3) is 0 Å². The smallest absolute Gasteiger partial charge is 0.345 e. The molecule has 4 heteroatoms. The van der Waals surface area contributed by atoms with Crippen molar-refractivity contribution < 1.29 is 19.4 Å². The maximum atomic E-state index is 11.7. The van der Waals surface area contributed by atoms with Gasteiger partial charge >= 0.3 is 5.97 Å². The van der Waals surface area contributed by atoms with E-state index in [0.717, 1.165) is 32.1 Å². The van der Waals surface area contributed by atoms with E-state index in [0.29, 0.717) is 6.42 Å². The van der Waals surface area contributed by atoms with Crippen LogP contribution in [0.4, 0.5) is 0 Å². The second-order valence-electron chi connectivity index (χ2n) is 4.69. The monoisotopic (exact) mass is 224 g/mol. The minimum Gasteiger partial charge on any atom is -0.511 e. The van der Waals surface area contributed by atoms with Crippen LogP contribution in [0.1, 0.15) is 45.4 Å². The fourth-order valence-corrected chi connectivity index (χ4v) is 2.62. The predicted octanol–water partition coefficient (Wildman–Crippen LogP) is 2.04. The van der Waals surface area contributed by atoms with E-state index in [9.17, 15) is 14.7 Å². The molecule has 0 saturated heterocycles. The minimum atomic E-state index is -0.654. The molecule has 88 valence electrons. The van der Waals surface area contributed by atoms with Crippen LogP contribution in [-0.2, 0) is 14.3 Å². The molecule has 1 N–H and O–H groups in total. The van der Waals surface area contributed by atoms with Crippen LogP contribution in [0.5, 0.6) is 0 Å². The van der Waals surface area contributed by atoms with Crippen molar-refractivity contribution in [1.29, 1.82) is 0 Å². The van der Waals surface area contributed by atoms with Crippen molar-refractivity contribution in [2.75, 3.05) is 0 Å². The van der Waals surface area contributed by atoms with Gasteiger partial charge < -0.3 is 9.84 Å². The molecule has 2 rings (SSSR count). The Labute approximate surface area is 94.3 Å². The highest BCUT2D eigenvalue weighted by atomic mass is 16.6. The molecular formula is C12H16O4. The molecule has 1 spiro atoms. The standard InChI is InChI=1S/C12H16O4/c1-8(13)10-9(14)7-12(16-11(10)15)5-3-2-4-6-12/h14H,2-7H2,1H3. The van der Waals surface area contributed by atoms with Gasteiger partial charge in [-0.05, 0) is 32.6 Å². The van der Waals surface area contributed by atoms with Gasteiger partial charge in [0, 0.05) is 6.42 Å². The molecule has 0 aromatic carbocycles. The Morgan fingerprint density at radius 1 is 1.31 bits per heavy atom. The van der Waals surface area contributed by atoms with E-state index in [1.807, 2.05) is 0 Å². The number of esters is 1. The molecule has 4 nitrogen and oxygen atoms in total. The summed E-state index contributed by atoms with van der Waals surface area (Å²) in [5.41, 5.74) is -0.713. The minimum absolute atomic E-state index is 0.0920.